The Balaban J connectivity index is 2.36. The van der Waals surface area contributed by atoms with Crippen LogP contribution >= 0.6 is 22.6 Å². The van der Waals surface area contributed by atoms with E-state index in [1.807, 2.05) is 37.4 Å². The van der Waals surface area contributed by atoms with Crippen LogP contribution in [0.2, 0.25) is 0 Å². The molecule has 1 atom stereocenters. The van der Waals surface area contributed by atoms with E-state index in [4.69, 9.17) is 0 Å². The first-order valence-electron chi connectivity index (χ1n) is 4.60. The van der Waals surface area contributed by atoms with Gasteiger partial charge < -0.3 is 5.11 Å². The van der Waals surface area contributed by atoms with Gasteiger partial charge >= 0.3 is 0 Å². The molecular weight excluding hydrogens is 303 g/mol. The summed E-state index contributed by atoms with van der Waals surface area (Å²) in [5, 5.41) is 14.2. The highest BCUT2D eigenvalue weighted by molar-refractivity contribution is 14.1. The van der Waals surface area contributed by atoms with Crippen LogP contribution in [0.5, 0.6) is 0 Å². The van der Waals surface area contributed by atoms with Gasteiger partial charge in [-0.3, -0.25) is 4.68 Å². The number of aromatic nitrogens is 2. The molecule has 1 aromatic heterocycles. The maximum Gasteiger partial charge on any atom is 0.121 e. The fourth-order valence-corrected chi connectivity index (χ4v) is 2.07. The SMILES string of the molecule is Cn1nccc1C(O)c1cccc(I)c1. The molecule has 0 bridgehead atoms. The second kappa shape index (κ2) is 4.32. The maximum atomic E-state index is 10.1. The average Bonchev–Trinajstić information content (AvgIpc) is 2.63. The number of hydrogen-bond acceptors (Lipinski definition) is 2. The normalized spacial score (nSPS) is 12.7. The molecule has 2 aromatic rings. The van der Waals surface area contributed by atoms with Crippen molar-refractivity contribution in [3.8, 4) is 0 Å². The topological polar surface area (TPSA) is 38.0 Å². The summed E-state index contributed by atoms with van der Waals surface area (Å²) in [7, 11) is 1.83. The van der Waals surface area contributed by atoms with Crippen molar-refractivity contribution in [2.24, 2.45) is 7.05 Å². The molecule has 4 heteroatoms. The second-order valence-electron chi connectivity index (χ2n) is 3.34. The molecule has 2 rings (SSSR count). The van der Waals surface area contributed by atoms with E-state index >= 15 is 0 Å². The van der Waals surface area contributed by atoms with Crippen LogP contribution < -0.4 is 0 Å². The molecule has 0 radical (unpaired) electrons. The number of aliphatic hydroxyl groups is 1. The molecular formula is C11H11IN2O. The number of benzene rings is 1. The van der Waals surface area contributed by atoms with Crippen LogP contribution in [0, 0.1) is 3.57 Å². The fraction of sp³-hybridized carbons (Fsp3) is 0.182. The predicted octanol–water partition coefficient (Wildman–Crippen LogP) is 2.11. The number of rotatable bonds is 2. The Bertz CT molecular complexity index is 467. The molecule has 1 heterocycles. The van der Waals surface area contributed by atoms with Crippen molar-refractivity contribution in [1.29, 1.82) is 0 Å². The highest BCUT2D eigenvalue weighted by Crippen LogP contribution is 2.22. The van der Waals surface area contributed by atoms with Crippen LogP contribution in [-0.2, 0) is 7.05 Å². The van der Waals surface area contributed by atoms with Crippen LogP contribution in [0.4, 0.5) is 0 Å². The van der Waals surface area contributed by atoms with E-state index in [1.54, 1.807) is 10.9 Å². The molecule has 0 aliphatic rings. The molecule has 1 aromatic carbocycles. The molecule has 0 saturated carbocycles. The highest BCUT2D eigenvalue weighted by atomic mass is 127. The minimum absolute atomic E-state index is 0.604. The van der Waals surface area contributed by atoms with Crippen LogP contribution in [0.15, 0.2) is 36.5 Å². The summed E-state index contributed by atoms with van der Waals surface area (Å²) in [6.07, 6.45) is 1.08. The van der Waals surface area contributed by atoms with E-state index in [2.05, 4.69) is 27.7 Å². The highest BCUT2D eigenvalue weighted by Gasteiger charge is 2.13. The van der Waals surface area contributed by atoms with Crippen molar-refractivity contribution in [3.63, 3.8) is 0 Å². The molecule has 0 spiro atoms. The summed E-state index contributed by atoms with van der Waals surface area (Å²) in [6, 6.07) is 9.65. The molecule has 78 valence electrons. The number of aliphatic hydroxyl groups excluding tert-OH is 1. The minimum atomic E-state index is -0.604. The molecule has 1 unspecified atom stereocenters. The van der Waals surface area contributed by atoms with Gasteiger partial charge in [-0.25, -0.2) is 0 Å². The van der Waals surface area contributed by atoms with Gasteiger partial charge in [0.25, 0.3) is 0 Å². The lowest BCUT2D eigenvalue weighted by molar-refractivity contribution is 0.209. The molecule has 3 nitrogen and oxygen atoms in total. The Morgan fingerprint density at radius 3 is 2.80 bits per heavy atom. The van der Waals surface area contributed by atoms with Gasteiger partial charge in [0.1, 0.15) is 6.10 Å². The van der Waals surface area contributed by atoms with E-state index in [9.17, 15) is 5.11 Å². The third-order valence-corrected chi connectivity index (χ3v) is 2.97. The van der Waals surface area contributed by atoms with Gasteiger partial charge in [0.2, 0.25) is 0 Å². The number of aryl methyl sites for hydroxylation is 1. The Kier molecular flexibility index (Phi) is 3.06. The molecule has 0 aliphatic carbocycles. The zero-order valence-electron chi connectivity index (χ0n) is 8.26. The van der Waals surface area contributed by atoms with E-state index in [0.717, 1.165) is 14.8 Å². The monoisotopic (exact) mass is 314 g/mol. The minimum Gasteiger partial charge on any atom is -0.382 e. The number of nitrogens with zero attached hydrogens (tertiary/aromatic N) is 2. The van der Waals surface area contributed by atoms with Gasteiger partial charge in [-0.2, -0.15) is 5.10 Å². The van der Waals surface area contributed by atoms with E-state index in [1.165, 1.54) is 0 Å². The van der Waals surface area contributed by atoms with Crippen molar-refractivity contribution < 1.29 is 5.11 Å². The lowest BCUT2D eigenvalue weighted by Crippen LogP contribution is -2.06. The maximum absolute atomic E-state index is 10.1. The van der Waals surface area contributed by atoms with Crippen molar-refractivity contribution in [3.05, 3.63) is 51.4 Å². The summed E-state index contributed by atoms with van der Waals surface area (Å²) in [5.41, 5.74) is 1.70. The number of halogens is 1. The van der Waals surface area contributed by atoms with Gasteiger partial charge in [-0.05, 0) is 46.4 Å². The first kappa shape index (κ1) is 10.6. The van der Waals surface area contributed by atoms with E-state index in [0.29, 0.717) is 0 Å². The standard InChI is InChI=1S/C11H11IN2O/c1-14-10(5-6-13-14)11(15)8-3-2-4-9(12)7-8/h2-7,11,15H,1H3. The Morgan fingerprint density at radius 2 is 2.20 bits per heavy atom. The molecule has 0 amide bonds. The second-order valence-corrected chi connectivity index (χ2v) is 4.58. The molecule has 15 heavy (non-hydrogen) atoms. The summed E-state index contributed by atoms with van der Waals surface area (Å²) in [4.78, 5) is 0. The third kappa shape index (κ3) is 2.21. The molecule has 0 fully saturated rings. The fourth-order valence-electron chi connectivity index (χ4n) is 1.50. The van der Waals surface area contributed by atoms with Crippen molar-refractivity contribution in [2.75, 3.05) is 0 Å². The molecule has 0 aliphatic heterocycles. The zero-order chi connectivity index (χ0) is 10.8. The van der Waals surface area contributed by atoms with Crippen molar-refractivity contribution in [2.45, 2.75) is 6.10 Å². The first-order chi connectivity index (χ1) is 7.18. The Morgan fingerprint density at radius 1 is 1.40 bits per heavy atom. The lowest BCUT2D eigenvalue weighted by Gasteiger charge is -2.11. The largest absolute Gasteiger partial charge is 0.382 e. The van der Waals surface area contributed by atoms with Crippen LogP contribution in [0.25, 0.3) is 0 Å². The summed E-state index contributed by atoms with van der Waals surface area (Å²) in [5.74, 6) is 0. The molecule has 0 saturated heterocycles. The smallest absolute Gasteiger partial charge is 0.121 e. The Hall–Kier alpha value is -0.880. The van der Waals surface area contributed by atoms with Gasteiger partial charge in [0.05, 0.1) is 5.69 Å². The summed E-state index contributed by atoms with van der Waals surface area (Å²) in [6.45, 7) is 0. The van der Waals surface area contributed by atoms with Crippen LogP contribution in [0.1, 0.15) is 17.4 Å². The van der Waals surface area contributed by atoms with Gasteiger partial charge in [-0.1, -0.05) is 12.1 Å². The average molecular weight is 314 g/mol. The molecule has 1 N–H and O–H groups in total. The quantitative estimate of drug-likeness (QED) is 0.862. The summed E-state index contributed by atoms with van der Waals surface area (Å²) >= 11 is 2.23. The van der Waals surface area contributed by atoms with Crippen molar-refractivity contribution in [1.82, 2.24) is 9.78 Å². The first-order valence-corrected chi connectivity index (χ1v) is 5.68. The predicted molar refractivity (Wildman–Crippen MR) is 66.4 cm³/mol. The van der Waals surface area contributed by atoms with Crippen LogP contribution in [-0.4, -0.2) is 14.9 Å². The van der Waals surface area contributed by atoms with Gasteiger partial charge in [0.15, 0.2) is 0 Å². The van der Waals surface area contributed by atoms with E-state index < -0.39 is 6.10 Å². The Labute approximate surface area is 102 Å². The summed E-state index contributed by atoms with van der Waals surface area (Å²) < 4.78 is 2.80. The van der Waals surface area contributed by atoms with Crippen molar-refractivity contribution >= 4 is 22.6 Å². The zero-order valence-corrected chi connectivity index (χ0v) is 10.4. The van der Waals surface area contributed by atoms with E-state index in [-0.39, 0.29) is 0 Å². The number of hydrogen-bond donors (Lipinski definition) is 1. The third-order valence-electron chi connectivity index (χ3n) is 2.30. The van der Waals surface area contributed by atoms with Gasteiger partial charge in [-0.15, -0.1) is 0 Å². The van der Waals surface area contributed by atoms with Crippen LogP contribution in [0.3, 0.4) is 0 Å². The lowest BCUT2D eigenvalue weighted by atomic mass is 10.1. The van der Waals surface area contributed by atoms with Gasteiger partial charge in [0, 0.05) is 16.8 Å².